The summed E-state index contributed by atoms with van der Waals surface area (Å²) in [5.41, 5.74) is 0.749. The standard InChI is InChI=1S/C12H7NO4/c14-12(15)7-1-2-13-9-6-11-10(5-8(7)9)16-3-4-17-11/h1-6H,(H,14,15). The Morgan fingerprint density at radius 3 is 2.59 bits per heavy atom. The third-order valence-electron chi connectivity index (χ3n) is 2.48. The molecule has 0 atom stereocenters. The third kappa shape index (κ3) is 1.48. The van der Waals surface area contributed by atoms with E-state index in [-0.39, 0.29) is 5.56 Å². The van der Waals surface area contributed by atoms with Crippen LogP contribution >= 0.6 is 0 Å². The van der Waals surface area contributed by atoms with Gasteiger partial charge in [0.15, 0.2) is 11.5 Å². The lowest BCUT2D eigenvalue weighted by molar-refractivity contribution is 0.0699. The quantitative estimate of drug-likeness (QED) is 0.811. The van der Waals surface area contributed by atoms with Gasteiger partial charge in [0.05, 0.1) is 11.1 Å². The van der Waals surface area contributed by atoms with Gasteiger partial charge in [-0.25, -0.2) is 4.79 Å². The summed E-state index contributed by atoms with van der Waals surface area (Å²) in [5, 5.41) is 9.60. The molecule has 5 heteroatoms. The molecule has 0 saturated carbocycles. The van der Waals surface area contributed by atoms with Gasteiger partial charge in [0.25, 0.3) is 0 Å². The molecule has 0 radical (unpaired) electrons. The number of carboxylic acid groups (broad SMARTS) is 1. The van der Waals surface area contributed by atoms with Crippen molar-refractivity contribution in [1.29, 1.82) is 0 Å². The SMILES string of the molecule is O=C(O)c1ccnc2cc3c(cc12)OC=CO3. The minimum absolute atomic E-state index is 0.191. The van der Waals surface area contributed by atoms with Crippen molar-refractivity contribution in [3.05, 3.63) is 42.5 Å². The van der Waals surface area contributed by atoms with Gasteiger partial charge in [-0.1, -0.05) is 0 Å². The number of pyridine rings is 1. The number of aromatic nitrogens is 1. The molecule has 17 heavy (non-hydrogen) atoms. The summed E-state index contributed by atoms with van der Waals surface area (Å²) in [6, 6.07) is 4.72. The van der Waals surface area contributed by atoms with Crippen molar-refractivity contribution >= 4 is 16.9 Å². The molecule has 3 rings (SSSR count). The summed E-state index contributed by atoms with van der Waals surface area (Å²) in [6.45, 7) is 0. The molecule has 0 bridgehead atoms. The molecule has 1 aromatic heterocycles. The zero-order valence-corrected chi connectivity index (χ0v) is 8.58. The number of carbonyl (C=O) groups is 1. The highest BCUT2D eigenvalue weighted by Crippen LogP contribution is 2.35. The van der Waals surface area contributed by atoms with Crippen LogP contribution in [0.5, 0.6) is 11.5 Å². The molecule has 0 unspecified atom stereocenters. The molecule has 1 aromatic carbocycles. The number of hydrogen-bond donors (Lipinski definition) is 1. The molecule has 1 aliphatic rings. The fraction of sp³-hybridized carbons (Fsp3) is 0. The summed E-state index contributed by atoms with van der Waals surface area (Å²) >= 11 is 0. The van der Waals surface area contributed by atoms with Gasteiger partial charge in [-0.3, -0.25) is 4.98 Å². The molecule has 0 spiro atoms. The maximum Gasteiger partial charge on any atom is 0.336 e. The lowest BCUT2D eigenvalue weighted by Gasteiger charge is -2.13. The van der Waals surface area contributed by atoms with E-state index in [1.54, 1.807) is 12.1 Å². The second-order valence-corrected chi connectivity index (χ2v) is 3.49. The number of hydrogen-bond acceptors (Lipinski definition) is 4. The van der Waals surface area contributed by atoms with Crippen LogP contribution in [0.25, 0.3) is 10.9 Å². The van der Waals surface area contributed by atoms with Crippen LogP contribution in [0.3, 0.4) is 0 Å². The van der Waals surface area contributed by atoms with Crippen LogP contribution in [0.15, 0.2) is 36.9 Å². The van der Waals surface area contributed by atoms with Crippen LogP contribution in [0, 0.1) is 0 Å². The summed E-state index contributed by atoms with van der Waals surface area (Å²) in [6.07, 6.45) is 4.26. The van der Waals surface area contributed by atoms with Crippen molar-refractivity contribution in [2.75, 3.05) is 0 Å². The van der Waals surface area contributed by atoms with Gasteiger partial charge in [-0.15, -0.1) is 0 Å². The Labute approximate surface area is 95.9 Å². The Hall–Kier alpha value is -2.56. The average molecular weight is 229 g/mol. The Morgan fingerprint density at radius 2 is 1.88 bits per heavy atom. The minimum atomic E-state index is -0.996. The zero-order chi connectivity index (χ0) is 11.8. The number of carboxylic acids is 1. The van der Waals surface area contributed by atoms with Crippen LogP contribution in [0.2, 0.25) is 0 Å². The van der Waals surface area contributed by atoms with Crippen LogP contribution in [-0.4, -0.2) is 16.1 Å². The van der Waals surface area contributed by atoms with E-state index in [9.17, 15) is 4.79 Å². The second kappa shape index (κ2) is 3.48. The molecule has 2 aromatic rings. The van der Waals surface area contributed by atoms with E-state index < -0.39 is 5.97 Å². The summed E-state index contributed by atoms with van der Waals surface area (Å²) < 4.78 is 10.5. The molecular formula is C12H7NO4. The van der Waals surface area contributed by atoms with Crippen molar-refractivity contribution in [2.24, 2.45) is 0 Å². The predicted molar refractivity (Wildman–Crippen MR) is 59.1 cm³/mol. The van der Waals surface area contributed by atoms with Crippen LogP contribution in [-0.2, 0) is 0 Å². The highest BCUT2D eigenvalue weighted by molar-refractivity contribution is 6.03. The molecule has 0 saturated heterocycles. The Balaban J connectivity index is 2.31. The maximum atomic E-state index is 11.1. The fourth-order valence-corrected chi connectivity index (χ4v) is 1.73. The fourth-order valence-electron chi connectivity index (χ4n) is 1.73. The third-order valence-corrected chi connectivity index (χ3v) is 2.48. The first-order valence-corrected chi connectivity index (χ1v) is 4.90. The number of fused-ring (bicyclic) bond motifs is 2. The largest absolute Gasteiger partial charge is 0.478 e. The summed E-state index contributed by atoms with van der Waals surface area (Å²) in [7, 11) is 0. The van der Waals surface area contributed by atoms with Crippen molar-refractivity contribution in [2.45, 2.75) is 0 Å². The van der Waals surface area contributed by atoms with Gasteiger partial charge in [0, 0.05) is 17.6 Å². The zero-order valence-electron chi connectivity index (χ0n) is 8.58. The topological polar surface area (TPSA) is 68.7 Å². The molecular weight excluding hydrogens is 222 g/mol. The second-order valence-electron chi connectivity index (χ2n) is 3.49. The maximum absolute atomic E-state index is 11.1. The van der Waals surface area contributed by atoms with E-state index in [0.717, 1.165) is 0 Å². The Bertz CT molecular complexity index is 648. The highest BCUT2D eigenvalue weighted by atomic mass is 16.5. The molecule has 0 fully saturated rings. The van der Waals surface area contributed by atoms with E-state index in [2.05, 4.69) is 4.98 Å². The molecule has 1 N–H and O–H groups in total. The van der Waals surface area contributed by atoms with Crippen LogP contribution in [0.1, 0.15) is 10.4 Å². The van der Waals surface area contributed by atoms with Crippen molar-refractivity contribution in [1.82, 2.24) is 4.98 Å². The smallest absolute Gasteiger partial charge is 0.336 e. The first-order chi connectivity index (χ1) is 8.25. The number of aromatic carboxylic acids is 1. The van der Waals surface area contributed by atoms with Crippen molar-refractivity contribution in [3.63, 3.8) is 0 Å². The summed E-state index contributed by atoms with van der Waals surface area (Å²) in [4.78, 5) is 15.2. The lowest BCUT2D eigenvalue weighted by atomic mass is 10.1. The molecule has 0 amide bonds. The van der Waals surface area contributed by atoms with Gasteiger partial charge >= 0.3 is 5.97 Å². The van der Waals surface area contributed by atoms with Crippen molar-refractivity contribution in [3.8, 4) is 11.5 Å². The van der Waals surface area contributed by atoms with Crippen molar-refractivity contribution < 1.29 is 19.4 Å². The molecule has 1 aliphatic heterocycles. The first-order valence-electron chi connectivity index (χ1n) is 4.90. The van der Waals surface area contributed by atoms with E-state index in [1.807, 2.05) is 0 Å². The number of benzene rings is 1. The van der Waals surface area contributed by atoms with Gasteiger partial charge < -0.3 is 14.6 Å². The lowest BCUT2D eigenvalue weighted by Crippen LogP contribution is -2.01. The van der Waals surface area contributed by atoms with E-state index in [0.29, 0.717) is 22.4 Å². The molecule has 84 valence electrons. The Morgan fingerprint density at radius 1 is 1.18 bits per heavy atom. The monoisotopic (exact) mass is 229 g/mol. The average Bonchev–Trinajstić information content (AvgIpc) is 2.35. The van der Waals surface area contributed by atoms with E-state index in [4.69, 9.17) is 14.6 Å². The van der Waals surface area contributed by atoms with Crippen LogP contribution < -0.4 is 9.47 Å². The highest BCUT2D eigenvalue weighted by Gasteiger charge is 2.15. The normalized spacial score (nSPS) is 12.7. The summed E-state index contributed by atoms with van der Waals surface area (Å²) in [5.74, 6) is 0.00941. The van der Waals surface area contributed by atoms with E-state index in [1.165, 1.54) is 24.8 Å². The molecule has 5 nitrogen and oxygen atoms in total. The van der Waals surface area contributed by atoms with Crippen LogP contribution in [0.4, 0.5) is 0 Å². The van der Waals surface area contributed by atoms with Gasteiger partial charge in [-0.05, 0) is 12.1 Å². The molecule has 2 heterocycles. The number of ether oxygens (including phenoxy) is 2. The number of nitrogens with zero attached hydrogens (tertiary/aromatic N) is 1. The minimum Gasteiger partial charge on any atom is -0.478 e. The van der Waals surface area contributed by atoms with Gasteiger partial charge in [-0.2, -0.15) is 0 Å². The molecule has 0 aliphatic carbocycles. The van der Waals surface area contributed by atoms with E-state index >= 15 is 0 Å². The predicted octanol–water partition coefficient (Wildman–Crippen LogP) is 2.18. The van der Waals surface area contributed by atoms with Gasteiger partial charge in [0.2, 0.25) is 0 Å². The number of rotatable bonds is 1. The van der Waals surface area contributed by atoms with Gasteiger partial charge in [0.1, 0.15) is 12.5 Å². The Kier molecular flexibility index (Phi) is 1.98. The first kappa shape index (κ1) is 9.65.